The third kappa shape index (κ3) is 2.64. The molecule has 2 heterocycles. The molecule has 1 amide bonds. The minimum Gasteiger partial charge on any atom is -0.373 e. The van der Waals surface area contributed by atoms with Crippen LogP contribution >= 0.6 is 0 Å². The molecule has 7 heteroatoms. The van der Waals surface area contributed by atoms with Crippen molar-refractivity contribution in [2.45, 2.75) is 57.1 Å². The molecule has 132 valence electrons. The Bertz CT molecular complexity index is 791. The van der Waals surface area contributed by atoms with Crippen LogP contribution in [0.25, 0.3) is 0 Å². The number of carbonyl (C=O) groups excluding carboxylic acids is 1. The van der Waals surface area contributed by atoms with Crippen LogP contribution in [0.3, 0.4) is 0 Å². The summed E-state index contributed by atoms with van der Waals surface area (Å²) in [6.45, 7) is 9.86. The predicted molar refractivity (Wildman–Crippen MR) is 91.6 cm³/mol. The molecule has 0 aromatic heterocycles. The average Bonchev–Trinajstić information content (AvgIpc) is 2.69. The maximum Gasteiger partial charge on any atom is 0.243 e. The van der Waals surface area contributed by atoms with Crippen LogP contribution in [-0.4, -0.2) is 43.9 Å². The molecule has 0 saturated carbocycles. The SMILES string of the molecule is Cc1cc(S(=O)(=O)N2CC(C)OC(C)C2)cc2c1NC(=O)C2(C)C. The number of nitrogens with zero attached hydrogens (tertiary/aromatic N) is 1. The highest BCUT2D eigenvalue weighted by atomic mass is 32.2. The summed E-state index contributed by atoms with van der Waals surface area (Å²) in [5.74, 6) is -0.108. The standard InChI is InChI=1S/C17H24N2O4S/c1-10-6-13(7-14-15(10)18-16(20)17(14,4)5)24(21,22)19-8-11(2)23-12(3)9-19/h6-7,11-12H,8-9H2,1-5H3,(H,18,20). The van der Waals surface area contributed by atoms with Crippen LogP contribution in [0.4, 0.5) is 5.69 Å². The maximum absolute atomic E-state index is 13.1. The number of amides is 1. The number of ether oxygens (including phenoxy) is 1. The van der Waals surface area contributed by atoms with E-state index in [0.29, 0.717) is 13.1 Å². The molecule has 1 fully saturated rings. The highest BCUT2D eigenvalue weighted by Crippen LogP contribution is 2.41. The summed E-state index contributed by atoms with van der Waals surface area (Å²) >= 11 is 0. The Morgan fingerprint density at radius 1 is 1.21 bits per heavy atom. The molecule has 0 bridgehead atoms. The van der Waals surface area contributed by atoms with Crippen molar-refractivity contribution in [1.29, 1.82) is 0 Å². The first-order valence-electron chi connectivity index (χ1n) is 8.15. The number of fused-ring (bicyclic) bond motifs is 1. The first-order chi connectivity index (χ1) is 11.0. The summed E-state index contributed by atoms with van der Waals surface area (Å²) in [5, 5.41) is 2.86. The van der Waals surface area contributed by atoms with Gasteiger partial charge in [-0.1, -0.05) is 0 Å². The van der Waals surface area contributed by atoms with Crippen LogP contribution < -0.4 is 5.32 Å². The molecule has 2 aliphatic heterocycles. The molecule has 2 aliphatic rings. The number of sulfonamides is 1. The summed E-state index contributed by atoms with van der Waals surface area (Å²) in [6, 6.07) is 3.28. The van der Waals surface area contributed by atoms with E-state index in [1.807, 2.05) is 34.6 Å². The smallest absolute Gasteiger partial charge is 0.243 e. The van der Waals surface area contributed by atoms with Gasteiger partial charge in [-0.05, 0) is 57.9 Å². The lowest BCUT2D eigenvalue weighted by Crippen LogP contribution is -2.48. The van der Waals surface area contributed by atoms with Crippen LogP contribution in [-0.2, 0) is 25.0 Å². The van der Waals surface area contributed by atoms with Gasteiger partial charge in [-0.15, -0.1) is 0 Å². The number of hydrogen-bond donors (Lipinski definition) is 1. The molecule has 3 rings (SSSR count). The van der Waals surface area contributed by atoms with Crippen molar-refractivity contribution in [3.8, 4) is 0 Å². The highest BCUT2D eigenvalue weighted by Gasteiger charge is 2.41. The Kier molecular flexibility index (Phi) is 4.01. The molecule has 0 spiro atoms. The Morgan fingerprint density at radius 2 is 1.79 bits per heavy atom. The molecule has 24 heavy (non-hydrogen) atoms. The lowest BCUT2D eigenvalue weighted by molar-refractivity contribution is -0.119. The lowest BCUT2D eigenvalue weighted by atomic mass is 9.85. The number of carbonyl (C=O) groups is 1. The zero-order valence-electron chi connectivity index (χ0n) is 14.7. The minimum absolute atomic E-state index is 0.108. The van der Waals surface area contributed by atoms with Gasteiger partial charge in [0, 0.05) is 18.8 Å². The summed E-state index contributed by atoms with van der Waals surface area (Å²) in [4.78, 5) is 12.4. The molecular weight excluding hydrogens is 328 g/mol. The Balaban J connectivity index is 2.06. The fraction of sp³-hybridized carbons (Fsp3) is 0.588. The normalized spacial score (nSPS) is 27.0. The van der Waals surface area contributed by atoms with E-state index >= 15 is 0 Å². The lowest BCUT2D eigenvalue weighted by Gasteiger charge is -2.34. The van der Waals surface area contributed by atoms with E-state index in [1.54, 1.807) is 12.1 Å². The molecule has 1 saturated heterocycles. The van der Waals surface area contributed by atoms with Gasteiger partial charge in [-0.25, -0.2) is 8.42 Å². The first kappa shape index (κ1) is 17.4. The number of nitrogens with one attached hydrogen (secondary N) is 1. The quantitative estimate of drug-likeness (QED) is 0.883. The van der Waals surface area contributed by atoms with E-state index in [9.17, 15) is 13.2 Å². The fourth-order valence-electron chi connectivity index (χ4n) is 3.43. The molecule has 0 radical (unpaired) electrons. The second-order valence-electron chi connectivity index (χ2n) is 7.32. The summed E-state index contributed by atoms with van der Waals surface area (Å²) in [6.07, 6.45) is -0.280. The molecule has 2 unspecified atom stereocenters. The Morgan fingerprint density at radius 3 is 2.38 bits per heavy atom. The molecular formula is C17H24N2O4S. The predicted octanol–water partition coefficient (Wildman–Crippen LogP) is 2.02. The topological polar surface area (TPSA) is 75.7 Å². The van der Waals surface area contributed by atoms with Gasteiger partial charge in [0.05, 0.1) is 22.5 Å². The highest BCUT2D eigenvalue weighted by molar-refractivity contribution is 7.89. The maximum atomic E-state index is 13.1. The molecule has 1 aromatic rings. The largest absolute Gasteiger partial charge is 0.373 e. The number of hydrogen-bond acceptors (Lipinski definition) is 4. The third-order valence-electron chi connectivity index (χ3n) is 4.81. The van der Waals surface area contributed by atoms with Crippen molar-refractivity contribution in [3.63, 3.8) is 0 Å². The fourth-order valence-corrected chi connectivity index (χ4v) is 5.13. The number of anilines is 1. The van der Waals surface area contributed by atoms with Gasteiger partial charge in [0.15, 0.2) is 0 Å². The zero-order valence-corrected chi connectivity index (χ0v) is 15.5. The van der Waals surface area contributed by atoms with Gasteiger partial charge >= 0.3 is 0 Å². The first-order valence-corrected chi connectivity index (χ1v) is 9.59. The third-order valence-corrected chi connectivity index (χ3v) is 6.62. The molecule has 1 N–H and O–H groups in total. The van der Waals surface area contributed by atoms with Crippen LogP contribution in [0, 0.1) is 6.92 Å². The number of benzene rings is 1. The second-order valence-corrected chi connectivity index (χ2v) is 9.26. The Hall–Kier alpha value is -1.44. The average molecular weight is 352 g/mol. The molecule has 1 aromatic carbocycles. The van der Waals surface area contributed by atoms with E-state index in [1.165, 1.54) is 4.31 Å². The van der Waals surface area contributed by atoms with E-state index in [0.717, 1.165) is 16.8 Å². The minimum atomic E-state index is -3.63. The van der Waals surface area contributed by atoms with E-state index in [4.69, 9.17) is 4.74 Å². The number of aryl methyl sites for hydroxylation is 1. The van der Waals surface area contributed by atoms with E-state index in [2.05, 4.69) is 5.32 Å². The van der Waals surface area contributed by atoms with Crippen LogP contribution in [0.1, 0.15) is 38.8 Å². The van der Waals surface area contributed by atoms with Crippen molar-refractivity contribution < 1.29 is 17.9 Å². The van der Waals surface area contributed by atoms with Gasteiger partial charge in [0.1, 0.15) is 0 Å². The van der Waals surface area contributed by atoms with Gasteiger partial charge in [-0.2, -0.15) is 4.31 Å². The van der Waals surface area contributed by atoms with Crippen molar-refractivity contribution in [2.75, 3.05) is 18.4 Å². The monoisotopic (exact) mass is 352 g/mol. The van der Waals surface area contributed by atoms with Crippen molar-refractivity contribution >= 4 is 21.6 Å². The van der Waals surface area contributed by atoms with Crippen LogP contribution in [0.2, 0.25) is 0 Å². The van der Waals surface area contributed by atoms with E-state index in [-0.39, 0.29) is 23.0 Å². The second kappa shape index (κ2) is 5.54. The van der Waals surface area contributed by atoms with Crippen molar-refractivity contribution in [1.82, 2.24) is 4.31 Å². The summed E-state index contributed by atoms with van der Waals surface area (Å²) < 4.78 is 33.3. The number of rotatable bonds is 2. The van der Waals surface area contributed by atoms with Crippen LogP contribution in [0.5, 0.6) is 0 Å². The van der Waals surface area contributed by atoms with Gasteiger partial charge in [0.25, 0.3) is 0 Å². The van der Waals surface area contributed by atoms with Gasteiger partial charge in [0.2, 0.25) is 15.9 Å². The number of morpholine rings is 1. The molecule has 0 aliphatic carbocycles. The Labute approximate surface area is 143 Å². The summed E-state index contributed by atoms with van der Waals surface area (Å²) in [5.41, 5.74) is 1.49. The zero-order chi connectivity index (χ0) is 17.9. The van der Waals surface area contributed by atoms with Gasteiger partial charge < -0.3 is 10.1 Å². The molecule has 6 nitrogen and oxygen atoms in total. The van der Waals surface area contributed by atoms with Crippen molar-refractivity contribution in [3.05, 3.63) is 23.3 Å². The molecule has 2 atom stereocenters. The van der Waals surface area contributed by atoms with Gasteiger partial charge in [-0.3, -0.25) is 4.79 Å². The van der Waals surface area contributed by atoms with Crippen molar-refractivity contribution in [2.24, 2.45) is 0 Å². The summed E-state index contributed by atoms with van der Waals surface area (Å²) in [7, 11) is -3.63. The van der Waals surface area contributed by atoms with E-state index < -0.39 is 15.4 Å². The van der Waals surface area contributed by atoms with Crippen LogP contribution in [0.15, 0.2) is 17.0 Å².